The van der Waals surface area contributed by atoms with Gasteiger partial charge in [-0.05, 0) is 24.6 Å². The summed E-state index contributed by atoms with van der Waals surface area (Å²) in [6, 6.07) is 10.8. The molecule has 1 fully saturated rings. The predicted molar refractivity (Wildman–Crippen MR) is 100 cm³/mol. The molecule has 1 unspecified atom stereocenters. The summed E-state index contributed by atoms with van der Waals surface area (Å²) in [5.41, 5.74) is 8.57. The molecule has 0 spiro atoms. The highest BCUT2D eigenvalue weighted by molar-refractivity contribution is 5.78. The molecule has 1 atom stereocenters. The van der Waals surface area contributed by atoms with Crippen LogP contribution in [0, 0.1) is 0 Å². The Morgan fingerprint density at radius 1 is 0.960 bits per heavy atom. The normalized spacial score (nSPS) is 16.9. The second-order valence-electron chi connectivity index (χ2n) is 6.48. The lowest BCUT2D eigenvalue weighted by atomic mass is 10.1. The summed E-state index contributed by atoms with van der Waals surface area (Å²) in [7, 11) is 0. The van der Waals surface area contributed by atoms with Gasteiger partial charge in [-0.3, -0.25) is 9.88 Å². The highest BCUT2D eigenvalue weighted by Gasteiger charge is 2.23. The maximum absolute atomic E-state index is 5.66. The Balaban J connectivity index is 1.45. The minimum Gasteiger partial charge on any atom is -0.396 e. The lowest BCUT2D eigenvalue weighted by Crippen LogP contribution is -2.47. The van der Waals surface area contributed by atoms with Gasteiger partial charge in [-0.25, -0.2) is 9.97 Å². The van der Waals surface area contributed by atoms with Crippen molar-refractivity contribution in [3.8, 4) is 0 Å². The second-order valence-corrected chi connectivity index (χ2v) is 6.48. The third-order valence-electron chi connectivity index (χ3n) is 4.90. The Kier molecular flexibility index (Phi) is 4.19. The number of rotatable bonds is 3. The number of nitrogens with two attached hydrogens (primary N) is 1. The number of fused-ring (bicyclic) bond motifs is 1. The third kappa shape index (κ3) is 3.25. The van der Waals surface area contributed by atoms with Crippen LogP contribution in [0.2, 0.25) is 0 Å². The van der Waals surface area contributed by atoms with Crippen LogP contribution in [-0.2, 0) is 0 Å². The first-order chi connectivity index (χ1) is 12.2. The molecule has 2 N–H and O–H groups in total. The van der Waals surface area contributed by atoms with Crippen molar-refractivity contribution in [1.82, 2.24) is 19.9 Å². The summed E-state index contributed by atoms with van der Waals surface area (Å²) >= 11 is 0. The van der Waals surface area contributed by atoms with Crippen LogP contribution in [0.3, 0.4) is 0 Å². The van der Waals surface area contributed by atoms with Crippen molar-refractivity contribution >= 4 is 22.5 Å². The molecular weight excluding hydrogens is 312 g/mol. The molecule has 25 heavy (non-hydrogen) atoms. The quantitative estimate of drug-likeness (QED) is 0.793. The maximum atomic E-state index is 5.66. The Hall–Kier alpha value is -2.73. The molecule has 1 aliphatic rings. The van der Waals surface area contributed by atoms with E-state index < -0.39 is 0 Å². The Labute approximate surface area is 147 Å². The van der Waals surface area contributed by atoms with Crippen LogP contribution >= 0.6 is 0 Å². The van der Waals surface area contributed by atoms with E-state index in [1.54, 1.807) is 12.4 Å². The number of nitrogens with zero attached hydrogens (tertiary/aromatic N) is 5. The van der Waals surface area contributed by atoms with Crippen molar-refractivity contribution in [3.63, 3.8) is 0 Å². The average Bonchev–Trinajstić information content (AvgIpc) is 2.68. The minimum atomic E-state index is 0.339. The molecule has 1 aliphatic heterocycles. The topological polar surface area (TPSA) is 71.2 Å². The summed E-state index contributed by atoms with van der Waals surface area (Å²) in [5.74, 6) is 0.758. The number of para-hydroxylation sites is 1. The zero-order valence-corrected chi connectivity index (χ0v) is 14.3. The van der Waals surface area contributed by atoms with Gasteiger partial charge in [0.1, 0.15) is 0 Å². The number of benzene rings is 1. The molecule has 0 radical (unpaired) electrons. The van der Waals surface area contributed by atoms with Gasteiger partial charge in [0, 0.05) is 43.8 Å². The number of pyridine rings is 1. The summed E-state index contributed by atoms with van der Waals surface area (Å²) < 4.78 is 0. The van der Waals surface area contributed by atoms with Crippen LogP contribution in [0.1, 0.15) is 18.5 Å². The van der Waals surface area contributed by atoms with Crippen LogP contribution < -0.4 is 10.6 Å². The van der Waals surface area contributed by atoms with Gasteiger partial charge < -0.3 is 10.6 Å². The van der Waals surface area contributed by atoms with Gasteiger partial charge in [0.25, 0.3) is 0 Å². The van der Waals surface area contributed by atoms with E-state index in [2.05, 4.69) is 55.9 Å². The van der Waals surface area contributed by atoms with Crippen LogP contribution in [0.25, 0.3) is 10.9 Å². The van der Waals surface area contributed by atoms with Gasteiger partial charge in [-0.1, -0.05) is 18.2 Å². The zero-order valence-electron chi connectivity index (χ0n) is 14.3. The molecule has 3 heterocycles. The fraction of sp³-hybridized carbons (Fsp3) is 0.316. The largest absolute Gasteiger partial charge is 0.396 e. The summed E-state index contributed by atoms with van der Waals surface area (Å²) in [5, 5.41) is 1.20. The van der Waals surface area contributed by atoms with Crippen LogP contribution in [0.4, 0.5) is 11.6 Å². The van der Waals surface area contributed by atoms with Gasteiger partial charge >= 0.3 is 0 Å². The van der Waals surface area contributed by atoms with E-state index >= 15 is 0 Å². The Morgan fingerprint density at radius 2 is 1.68 bits per heavy atom. The number of aromatic nitrogens is 3. The van der Waals surface area contributed by atoms with Crippen LogP contribution in [0.5, 0.6) is 0 Å². The monoisotopic (exact) mass is 334 g/mol. The first kappa shape index (κ1) is 15.8. The molecule has 3 aromatic rings. The summed E-state index contributed by atoms with van der Waals surface area (Å²) in [6.45, 7) is 6.02. The molecule has 0 saturated carbocycles. The van der Waals surface area contributed by atoms with Crippen LogP contribution in [0.15, 0.2) is 48.9 Å². The lowest BCUT2D eigenvalue weighted by molar-refractivity contribution is 0.197. The van der Waals surface area contributed by atoms with E-state index in [1.807, 2.05) is 12.3 Å². The molecule has 1 saturated heterocycles. The van der Waals surface area contributed by atoms with Crippen molar-refractivity contribution in [1.29, 1.82) is 0 Å². The Morgan fingerprint density at radius 3 is 2.44 bits per heavy atom. The van der Waals surface area contributed by atoms with Crippen LogP contribution in [-0.4, -0.2) is 46.0 Å². The first-order valence-corrected chi connectivity index (χ1v) is 8.62. The molecule has 0 aliphatic carbocycles. The number of hydrogen-bond donors (Lipinski definition) is 1. The molecule has 2 aromatic heterocycles. The fourth-order valence-corrected chi connectivity index (χ4v) is 3.33. The van der Waals surface area contributed by atoms with E-state index in [9.17, 15) is 0 Å². The SMILES string of the molecule is CC(c1cnc2ccccc2c1)N1CCN(c2ncc(N)cn2)CC1. The number of hydrogen-bond acceptors (Lipinski definition) is 6. The van der Waals surface area contributed by atoms with Crippen molar-refractivity contribution in [2.75, 3.05) is 36.8 Å². The lowest BCUT2D eigenvalue weighted by Gasteiger charge is -2.38. The molecule has 4 rings (SSSR count). The van der Waals surface area contributed by atoms with Gasteiger partial charge in [0.2, 0.25) is 5.95 Å². The highest BCUT2D eigenvalue weighted by atomic mass is 15.3. The molecular formula is C19H22N6. The molecule has 6 nitrogen and oxygen atoms in total. The molecule has 6 heteroatoms. The third-order valence-corrected chi connectivity index (χ3v) is 4.90. The highest BCUT2D eigenvalue weighted by Crippen LogP contribution is 2.24. The van der Waals surface area contributed by atoms with Gasteiger partial charge in [0.05, 0.1) is 23.6 Å². The maximum Gasteiger partial charge on any atom is 0.225 e. The molecule has 128 valence electrons. The van der Waals surface area contributed by atoms with Crippen molar-refractivity contribution < 1.29 is 0 Å². The van der Waals surface area contributed by atoms with Gasteiger partial charge in [-0.15, -0.1) is 0 Å². The molecule has 0 amide bonds. The minimum absolute atomic E-state index is 0.339. The van der Waals surface area contributed by atoms with Crippen molar-refractivity contribution in [3.05, 3.63) is 54.5 Å². The number of piperazine rings is 1. The van der Waals surface area contributed by atoms with E-state index in [0.29, 0.717) is 11.7 Å². The van der Waals surface area contributed by atoms with Crippen molar-refractivity contribution in [2.45, 2.75) is 13.0 Å². The van der Waals surface area contributed by atoms with E-state index in [1.165, 1.54) is 10.9 Å². The van der Waals surface area contributed by atoms with E-state index in [-0.39, 0.29) is 0 Å². The zero-order chi connectivity index (χ0) is 17.2. The van der Waals surface area contributed by atoms with Crippen molar-refractivity contribution in [2.24, 2.45) is 0 Å². The predicted octanol–water partition coefficient (Wildman–Crippen LogP) is 2.49. The standard InChI is InChI=1S/C19H22N6/c1-14(16-10-15-4-2-3-5-18(15)21-11-16)24-6-8-25(9-7-24)19-22-12-17(20)13-23-19/h2-5,10-14H,6-9,20H2,1H3. The average molecular weight is 334 g/mol. The number of anilines is 2. The van der Waals surface area contributed by atoms with Gasteiger partial charge in [0.15, 0.2) is 0 Å². The van der Waals surface area contributed by atoms with E-state index in [0.717, 1.165) is 37.6 Å². The molecule has 1 aromatic carbocycles. The Bertz CT molecular complexity index is 855. The number of nitrogen functional groups attached to an aromatic ring is 1. The first-order valence-electron chi connectivity index (χ1n) is 8.62. The molecule has 0 bridgehead atoms. The fourth-order valence-electron chi connectivity index (χ4n) is 3.33. The second kappa shape index (κ2) is 6.64. The van der Waals surface area contributed by atoms with Gasteiger partial charge in [-0.2, -0.15) is 0 Å². The summed E-state index contributed by atoms with van der Waals surface area (Å²) in [4.78, 5) is 17.9. The van der Waals surface area contributed by atoms with E-state index in [4.69, 9.17) is 5.73 Å². The summed E-state index contributed by atoms with van der Waals surface area (Å²) in [6.07, 6.45) is 5.33. The smallest absolute Gasteiger partial charge is 0.225 e.